The van der Waals surface area contributed by atoms with Crippen molar-refractivity contribution in [1.29, 1.82) is 0 Å². The molecule has 1 unspecified atom stereocenters. The summed E-state index contributed by atoms with van der Waals surface area (Å²) in [7, 11) is 0. The molecule has 1 aliphatic heterocycles. The fourth-order valence-electron chi connectivity index (χ4n) is 2.21. The van der Waals surface area contributed by atoms with Crippen LogP contribution in [0.25, 0.3) is 0 Å². The molecule has 1 aliphatic rings. The molecule has 0 N–H and O–H groups in total. The van der Waals surface area contributed by atoms with Gasteiger partial charge < -0.3 is 4.90 Å². The van der Waals surface area contributed by atoms with Gasteiger partial charge in [0, 0.05) is 12.6 Å². The van der Waals surface area contributed by atoms with Gasteiger partial charge in [0.15, 0.2) is 0 Å². The topological polar surface area (TPSA) is 32.7 Å². The Kier molecular flexibility index (Phi) is 6.05. The molecule has 0 aromatic heterocycles. The van der Waals surface area contributed by atoms with Crippen molar-refractivity contribution in [1.82, 2.24) is 4.90 Å². The van der Waals surface area contributed by atoms with Crippen LogP contribution in [0.2, 0.25) is 0 Å². The van der Waals surface area contributed by atoms with E-state index in [0.717, 1.165) is 12.3 Å². The van der Waals surface area contributed by atoms with Crippen molar-refractivity contribution in [3.8, 4) is 0 Å². The zero-order valence-corrected chi connectivity index (χ0v) is 10.4. The first-order valence-corrected chi connectivity index (χ1v) is 6.16. The first-order chi connectivity index (χ1) is 7.74. The Labute approximate surface area is 98.2 Å². The van der Waals surface area contributed by atoms with E-state index in [4.69, 9.17) is 0 Å². The van der Waals surface area contributed by atoms with Crippen molar-refractivity contribution in [3.05, 3.63) is 12.2 Å². The minimum atomic E-state index is 0.476. The highest BCUT2D eigenvalue weighted by Gasteiger charge is 2.20. The van der Waals surface area contributed by atoms with Gasteiger partial charge in [0.1, 0.15) is 0 Å². The molecule has 0 bridgehead atoms. The number of piperidine rings is 1. The van der Waals surface area contributed by atoms with E-state index in [1.165, 1.54) is 25.9 Å². The molecule has 1 atom stereocenters. The molecule has 0 saturated carbocycles. The van der Waals surface area contributed by atoms with Crippen molar-refractivity contribution in [3.63, 3.8) is 0 Å². The van der Waals surface area contributed by atoms with Gasteiger partial charge in [-0.2, -0.15) is 0 Å². The van der Waals surface area contributed by atoms with Gasteiger partial charge in [0.2, 0.25) is 6.08 Å². The fraction of sp³-hybridized carbons (Fsp3) is 0.769. The van der Waals surface area contributed by atoms with E-state index in [0.29, 0.717) is 12.6 Å². The van der Waals surface area contributed by atoms with Crippen molar-refractivity contribution in [2.24, 2.45) is 10.9 Å². The Morgan fingerprint density at radius 3 is 3.00 bits per heavy atom. The van der Waals surface area contributed by atoms with E-state index in [1.54, 1.807) is 6.08 Å². The van der Waals surface area contributed by atoms with E-state index in [-0.39, 0.29) is 0 Å². The second-order valence-electron chi connectivity index (χ2n) is 4.74. The van der Waals surface area contributed by atoms with Gasteiger partial charge >= 0.3 is 0 Å². The summed E-state index contributed by atoms with van der Waals surface area (Å²) in [5.74, 6) is 0.771. The molecular formula is C13H22N2O. The zero-order valence-electron chi connectivity index (χ0n) is 10.4. The maximum atomic E-state index is 9.86. The third kappa shape index (κ3) is 4.73. The van der Waals surface area contributed by atoms with Crippen LogP contribution in [0.4, 0.5) is 0 Å². The molecule has 1 rings (SSSR count). The highest BCUT2D eigenvalue weighted by molar-refractivity contribution is 5.33. The molecule has 0 aliphatic carbocycles. The van der Waals surface area contributed by atoms with E-state index in [2.05, 4.69) is 29.8 Å². The van der Waals surface area contributed by atoms with Crippen LogP contribution >= 0.6 is 0 Å². The van der Waals surface area contributed by atoms with Crippen molar-refractivity contribution in [2.75, 3.05) is 19.6 Å². The largest absolute Gasteiger partial charge is 0.301 e. The summed E-state index contributed by atoms with van der Waals surface area (Å²) < 4.78 is 0. The maximum Gasteiger partial charge on any atom is 0.235 e. The lowest BCUT2D eigenvalue weighted by Gasteiger charge is -2.35. The van der Waals surface area contributed by atoms with Crippen molar-refractivity contribution in [2.45, 2.75) is 39.2 Å². The Morgan fingerprint density at radius 1 is 1.50 bits per heavy atom. The molecule has 1 fully saturated rings. The molecule has 0 spiro atoms. The third-order valence-electron chi connectivity index (χ3n) is 3.18. The van der Waals surface area contributed by atoms with Crippen LogP contribution in [0.1, 0.15) is 33.1 Å². The molecule has 0 radical (unpaired) electrons. The number of allylic oxidation sites excluding steroid dienone is 1. The van der Waals surface area contributed by atoms with Gasteiger partial charge in [-0.15, -0.1) is 0 Å². The van der Waals surface area contributed by atoms with Crippen LogP contribution in [0.15, 0.2) is 17.1 Å². The van der Waals surface area contributed by atoms with E-state index >= 15 is 0 Å². The lowest BCUT2D eigenvalue weighted by Crippen LogP contribution is -2.39. The van der Waals surface area contributed by atoms with Gasteiger partial charge in [-0.05, 0) is 45.6 Å². The van der Waals surface area contributed by atoms with E-state index in [9.17, 15) is 4.79 Å². The summed E-state index contributed by atoms with van der Waals surface area (Å²) in [5.41, 5.74) is 0. The predicted molar refractivity (Wildman–Crippen MR) is 66.2 cm³/mol. The Morgan fingerprint density at radius 2 is 2.31 bits per heavy atom. The Bertz CT molecular complexity index is 267. The molecular weight excluding hydrogens is 200 g/mol. The number of rotatable bonds is 5. The molecule has 0 aromatic carbocycles. The minimum absolute atomic E-state index is 0.476. The first kappa shape index (κ1) is 13.1. The lowest BCUT2D eigenvalue weighted by atomic mass is 9.94. The van der Waals surface area contributed by atoms with Crippen LogP contribution < -0.4 is 0 Å². The van der Waals surface area contributed by atoms with Gasteiger partial charge in [0.25, 0.3) is 0 Å². The number of aliphatic imine (C=N–C) groups is 1. The first-order valence-electron chi connectivity index (χ1n) is 6.16. The van der Waals surface area contributed by atoms with Crippen LogP contribution in [-0.4, -0.2) is 36.7 Å². The lowest BCUT2D eigenvalue weighted by molar-refractivity contribution is 0.141. The Balaban J connectivity index is 2.26. The van der Waals surface area contributed by atoms with E-state index < -0.39 is 0 Å². The van der Waals surface area contributed by atoms with Gasteiger partial charge in [-0.25, -0.2) is 9.79 Å². The SMILES string of the molecule is CC(C)N1CCCC(C/C=C\CN=C=O)C1. The molecule has 1 saturated heterocycles. The van der Waals surface area contributed by atoms with Gasteiger partial charge in [0.05, 0.1) is 6.54 Å². The van der Waals surface area contributed by atoms with Gasteiger partial charge in [-0.3, -0.25) is 0 Å². The molecule has 1 heterocycles. The average Bonchev–Trinajstić information content (AvgIpc) is 2.29. The van der Waals surface area contributed by atoms with Crippen molar-refractivity contribution < 1.29 is 4.79 Å². The van der Waals surface area contributed by atoms with Crippen LogP contribution in [0, 0.1) is 5.92 Å². The summed E-state index contributed by atoms with van der Waals surface area (Å²) in [6.07, 6.45) is 9.39. The molecule has 16 heavy (non-hydrogen) atoms. The molecule has 0 aromatic rings. The second kappa shape index (κ2) is 7.37. The predicted octanol–water partition coefficient (Wildman–Crippen LogP) is 2.39. The maximum absolute atomic E-state index is 9.86. The summed E-state index contributed by atoms with van der Waals surface area (Å²) in [4.78, 5) is 15.9. The number of isocyanates is 1. The van der Waals surface area contributed by atoms with Crippen LogP contribution in [-0.2, 0) is 4.79 Å². The van der Waals surface area contributed by atoms with Crippen LogP contribution in [0.3, 0.4) is 0 Å². The van der Waals surface area contributed by atoms with Crippen molar-refractivity contribution >= 4 is 6.08 Å². The number of likely N-dealkylation sites (tertiary alicyclic amines) is 1. The highest BCUT2D eigenvalue weighted by Crippen LogP contribution is 2.21. The standard InChI is InChI=1S/C13H22N2O/c1-12(2)15-9-5-7-13(10-15)6-3-4-8-14-11-16/h3-4,12-13H,5-10H2,1-2H3/b4-3-. The number of nitrogens with zero attached hydrogens (tertiary/aromatic N) is 2. The summed E-state index contributed by atoms with van der Waals surface area (Å²) in [6, 6.07) is 0.659. The smallest absolute Gasteiger partial charge is 0.235 e. The average molecular weight is 222 g/mol. The quantitative estimate of drug-likeness (QED) is 0.406. The molecule has 0 amide bonds. The third-order valence-corrected chi connectivity index (χ3v) is 3.18. The highest BCUT2D eigenvalue weighted by atomic mass is 16.1. The summed E-state index contributed by atoms with van der Waals surface area (Å²) in [5, 5.41) is 0. The number of hydrogen-bond acceptors (Lipinski definition) is 3. The summed E-state index contributed by atoms with van der Waals surface area (Å²) >= 11 is 0. The summed E-state index contributed by atoms with van der Waals surface area (Å²) in [6.45, 7) is 7.45. The molecule has 3 nitrogen and oxygen atoms in total. The Hall–Kier alpha value is -0.920. The van der Waals surface area contributed by atoms with Crippen LogP contribution in [0.5, 0.6) is 0 Å². The van der Waals surface area contributed by atoms with Gasteiger partial charge in [-0.1, -0.05) is 12.2 Å². The van der Waals surface area contributed by atoms with E-state index in [1.807, 2.05) is 6.08 Å². The monoisotopic (exact) mass is 222 g/mol. The second-order valence-corrected chi connectivity index (χ2v) is 4.74. The number of hydrogen-bond donors (Lipinski definition) is 0. The molecule has 3 heteroatoms. The normalized spacial score (nSPS) is 22.6. The number of carbonyl (C=O) groups excluding carboxylic acids is 1. The minimum Gasteiger partial charge on any atom is -0.301 e. The fourth-order valence-corrected chi connectivity index (χ4v) is 2.21. The zero-order chi connectivity index (χ0) is 11.8. The molecule has 90 valence electrons.